The molecule has 21 heavy (non-hydrogen) atoms. The number of likely N-dealkylation sites (N-methyl/N-ethyl adjacent to an activating group) is 1. The minimum absolute atomic E-state index is 0.0447. The lowest BCUT2D eigenvalue weighted by Gasteiger charge is -2.16. The first kappa shape index (κ1) is 15.2. The third-order valence-electron chi connectivity index (χ3n) is 3.56. The van der Waals surface area contributed by atoms with E-state index < -0.39 is 10.9 Å². The molecule has 7 heteroatoms. The van der Waals surface area contributed by atoms with Crippen LogP contribution in [0.1, 0.15) is 23.2 Å². The van der Waals surface area contributed by atoms with E-state index >= 15 is 0 Å². The highest BCUT2D eigenvalue weighted by Crippen LogP contribution is 2.27. The summed E-state index contributed by atoms with van der Waals surface area (Å²) in [6, 6.07) is 4.81. The Bertz CT molecular complexity index is 543. The van der Waals surface area contributed by atoms with Gasteiger partial charge in [-0.2, -0.15) is 0 Å². The number of carbonyl (C=O) groups excluding carboxylic acids is 1. The van der Waals surface area contributed by atoms with Gasteiger partial charge >= 0.3 is 5.97 Å². The number of nitro benzene ring substituents is 1. The van der Waals surface area contributed by atoms with Gasteiger partial charge in [0.15, 0.2) is 0 Å². The number of nitrogens with zero attached hydrogens (tertiary/aromatic N) is 2. The molecule has 0 bridgehead atoms. The first-order chi connectivity index (χ1) is 10.0. The molecule has 2 rings (SSSR count). The number of rotatable bonds is 7. The van der Waals surface area contributed by atoms with Crippen LogP contribution < -0.4 is 5.32 Å². The van der Waals surface area contributed by atoms with Crippen LogP contribution in [0.4, 0.5) is 11.4 Å². The lowest BCUT2D eigenvalue weighted by Crippen LogP contribution is -2.27. The molecule has 0 saturated heterocycles. The number of methoxy groups -OCH3 is 1. The molecule has 0 radical (unpaired) electrons. The maximum absolute atomic E-state index is 11.5. The molecular formula is C14H19N3O4. The third-order valence-corrected chi connectivity index (χ3v) is 3.56. The van der Waals surface area contributed by atoms with Crippen LogP contribution in [0.2, 0.25) is 0 Å². The van der Waals surface area contributed by atoms with Crippen LogP contribution in [0.3, 0.4) is 0 Å². The predicted molar refractivity (Wildman–Crippen MR) is 78.6 cm³/mol. The normalized spacial score (nSPS) is 14.0. The molecule has 1 aromatic carbocycles. The first-order valence-electron chi connectivity index (χ1n) is 6.83. The van der Waals surface area contributed by atoms with Crippen molar-refractivity contribution >= 4 is 17.3 Å². The molecule has 1 fully saturated rings. The molecule has 0 spiro atoms. The van der Waals surface area contributed by atoms with Gasteiger partial charge in [-0.05, 0) is 32.0 Å². The topological polar surface area (TPSA) is 84.7 Å². The highest BCUT2D eigenvalue weighted by atomic mass is 16.6. The average molecular weight is 293 g/mol. The highest BCUT2D eigenvalue weighted by molar-refractivity contribution is 5.91. The number of carbonyl (C=O) groups is 1. The van der Waals surface area contributed by atoms with E-state index in [4.69, 9.17) is 0 Å². The Balaban J connectivity index is 2.06. The smallest absolute Gasteiger partial charge is 0.337 e. The van der Waals surface area contributed by atoms with Gasteiger partial charge in [-0.15, -0.1) is 0 Å². The van der Waals surface area contributed by atoms with Gasteiger partial charge in [0.25, 0.3) is 5.69 Å². The van der Waals surface area contributed by atoms with Crippen LogP contribution in [0.5, 0.6) is 0 Å². The van der Waals surface area contributed by atoms with E-state index in [1.807, 2.05) is 7.05 Å². The molecule has 1 N–H and O–H groups in total. The molecule has 1 aliphatic carbocycles. The molecule has 1 saturated carbocycles. The number of nitro groups is 1. The van der Waals surface area contributed by atoms with Crippen LogP contribution >= 0.6 is 0 Å². The van der Waals surface area contributed by atoms with Crippen molar-refractivity contribution in [2.24, 2.45) is 0 Å². The quantitative estimate of drug-likeness (QED) is 0.469. The van der Waals surface area contributed by atoms with Crippen LogP contribution in [0, 0.1) is 10.1 Å². The molecule has 0 heterocycles. The van der Waals surface area contributed by atoms with E-state index in [2.05, 4.69) is 15.0 Å². The summed E-state index contributed by atoms with van der Waals surface area (Å²) in [5.74, 6) is -0.511. The summed E-state index contributed by atoms with van der Waals surface area (Å²) in [6.07, 6.45) is 2.43. The van der Waals surface area contributed by atoms with Crippen molar-refractivity contribution in [3.05, 3.63) is 33.9 Å². The number of benzene rings is 1. The predicted octanol–water partition coefficient (Wildman–Crippen LogP) is 1.89. The number of ether oxygens (including phenoxy) is 1. The Labute approximate surface area is 123 Å². The second-order valence-corrected chi connectivity index (χ2v) is 5.12. The first-order valence-corrected chi connectivity index (χ1v) is 6.83. The second-order valence-electron chi connectivity index (χ2n) is 5.12. The Morgan fingerprint density at radius 1 is 1.52 bits per heavy atom. The summed E-state index contributed by atoms with van der Waals surface area (Å²) in [5.41, 5.74) is 0.588. The molecule has 114 valence electrons. The molecule has 1 aromatic rings. The largest absolute Gasteiger partial charge is 0.465 e. The second kappa shape index (κ2) is 6.53. The van der Waals surface area contributed by atoms with Crippen LogP contribution in [-0.2, 0) is 4.74 Å². The lowest BCUT2D eigenvalue weighted by atomic mass is 10.1. The van der Waals surface area contributed by atoms with E-state index in [-0.39, 0.29) is 5.69 Å². The maximum Gasteiger partial charge on any atom is 0.337 e. The van der Waals surface area contributed by atoms with Crippen molar-refractivity contribution in [1.29, 1.82) is 0 Å². The summed E-state index contributed by atoms with van der Waals surface area (Å²) in [7, 11) is 3.32. The number of esters is 1. The van der Waals surface area contributed by atoms with E-state index in [1.165, 1.54) is 38.2 Å². The summed E-state index contributed by atoms with van der Waals surface area (Å²) < 4.78 is 4.63. The highest BCUT2D eigenvalue weighted by Gasteiger charge is 2.25. The van der Waals surface area contributed by atoms with Crippen molar-refractivity contribution in [3.63, 3.8) is 0 Å². The number of hydrogen-bond donors (Lipinski definition) is 1. The molecule has 1 aliphatic rings. The SMILES string of the molecule is COC(=O)c1ccc([N+](=O)[O-])c(NCCN(C)C2CC2)c1. The lowest BCUT2D eigenvalue weighted by molar-refractivity contribution is -0.384. The van der Waals surface area contributed by atoms with Crippen LogP contribution in [-0.4, -0.2) is 49.1 Å². The number of nitrogens with one attached hydrogen (secondary N) is 1. The van der Waals surface area contributed by atoms with Gasteiger partial charge in [-0.3, -0.25) is 10.1 Å². The van der Waals surface area contributed by atoms with Gasteiger partial charge in [0.2, 0.25) is 0 Å². The molecule has 0 unspecified atom stereocenters. The molecule has 7 nitrogen and oxygen atoms in total. The van der Waals surface area contributed by atoms with Crippen LogP contribution in [0.25, 0.3) is 0 Å². The van der Waals surface area contributed by atoms with Gasteiger partial charge in [-0.25, -0.2) is 4.79 Å². The third kappa shape index (κ3) is 3.91. The van der Waals surface area contributed by atoms with Gasteiger partial charge in [0, 0.05) is 25.2 Å². The van der Waals surface area contributed by atoms with Crippen LogP contribution in [0.15, 0.2) is 18.2 Å². The number of hydrogen-bond acceptors (Lipinski definition) is 6. The fourth-order valence-electron chi connectivity index (χ4n) is 2.15. The summed E-state index contributed by atoms with van der Waals surface area (Å²) in [5, 5.41) is 14.1. The molecule has 0 amide bonds. The van der Waals surface area contributed by atoms with E-state index in [0.717, 1.165) is 6.54 Å². The van der Waals surface area contributed by atoms with E-state index in [1.54, 1.807) is 0 Å². The minimum Gasteiger partial charge on any atom is -0.465 e. The van der Waals surface area contributed by atoms with Gasteiger partial charge in [-0.1, -0.05) is 0 Å². The fourth-order valence-corrected chi connectivity index (χ4v) is 2.15. The van der Waals surface area contributed by atoms with Crippen molar-refractivity contribution in [2.45, 2.75) is 18.9 Å². The summed E-state index contributed by atoms with van der Waals surface area (Å²) in [6.45, 7) is 1.38. The molecular weight excluding hydrogens is 274 g/mol. The van der Waals surface area contributed by atoms with Crippen molar-refractivity contribution in [3.8, 4) is 0 Å². The van der Waals surface area contributed by atoms with Gasteiger partial charge in [0.05, 0.1) is 17.6 Å². The summed E-state index contributed by atoms with van der Waals surface area (Å²) >= 11 is 0. The molecule has 0 aliphatic heterocycles. The number of anilines is 1. The zero-order chi connectivity index (χ0) is 15.4. The van der Waals surface area contributed by atoms with Crippen molar-refractivity contribution < 1.29 is 14.5 Å². The fraction of sp³-hybridized carbons (Fsp3) is 0.500. The van der Waals surface area contributed by atoms with E-state index in [0.29, 0.717) is 23.8 Å². The standard InChI is InChI=1S/C14H19N3O4/c1-16(11-4-5-11)8-7-15-12-9-10(14(18)21-2)3-6-13(12)17(19)20/h3,6,9,11,15H,4-5,7-8H2,1-2H3. The van der Waals surface area contributed by atoms with Crippen molar-refractivity contribution in [1.82, 2.24) is 4.90 Å². The molecule has 0 atom stereocenters. The van der Waals surface area contributed by atoms with Gasteiger partial charge in [0.1, 0.15) is 5.69 Å². The zero-order valence-electron chi connectivity index (χ0n) is 12.2. The van der Waals surface area contributed by atoms with Gasteiger partial charge < -0.3 is 15.0 Å². The average Bonchev–Trinajstić information content (AvgIpc) is 3.30. The maximum atomic E-state index is 11.5. The van der Waals surface area contributed by atoms with E-state index in [9.17, 15) is 14.9 Å². The minimum atomic E-state index is -0.511. The Kier molecular flexibility index (Phi) is 4.74. The Morgan fingerprint density at radius 3 is 2.81 bits per heavy atom. The monoisotopic (exact) mass is 293 g/mol. The Hall–Kier alpha value is -2.15. The molecule has 0 aromatic heterocycles. The van der Waals surface area contributed by atoms with Crippen molar-refractivity contribution in [2.75, 3.05) is 32.6 Å². The summed E-state index contributed by atoms with van der Waals surface area (Å²) in [4.78, 5) is 24.3. The zero-order valence-corrected chi connectivity index (χ0v) is 12.2. The Morgan fingerprint density at radius 2 is 2.24 bits per heavy atom.